The Bertz CT molecular complexity index is 308. The number of nitrogens with two attached hydrogens (primary N) is 1. The van der Waals surface area contributed by atoms with E-state index in [0.717, 1.165) is 0 Å². The van der Waals surface area contributed by atoms with Gasteiger partial charge in [0.05, 0.1) is 4.87 Å². The normalized spacial score (nSPS) is 29.0. The Morgan fingerprint density at radius 3 is 2.35 bits per heavy atom. The molecule has 1 rings (SSSR count). The molecule has 1 heterocycles. The molecule has 0 aromatic rings. The molecule has 17 heavy (non-hydrogen) atoms. The van der Waals surface area contributed by atoms with E-state index in [9.17, 15) is 9.59 Å². The van der Waals surface area contributed by atoms with Gasteiger partial charge in [0.1, 0.15) is 5.25 Å². The molecule has 0 aliphatic carbocycles. The third-order valence-electron chi connectivity index (χ3n) is 2.76. The van der Waals surface area contributed by atoms with Gasteiger partial charge in [-0.05, 0) is 5.92 Å². The van der Waals surface area contributed by atoms with Crippen molar-refractivity contribution in [1.29, 1.82) is 0 Å². The number of hydrogen-bond donors (Lipinski definition) is 1. The summed E-state index contributed by atoms with van der Waals surface area (Å²) >= 11 is 1.39. The lowest BCUT2D eigenvalue weighted by Crippen LogP contribution is -2.38. The van der Waals surface area contributed by atoms with Crippen LogP contribution in [0.1, 0.15) is 27.7 Å². The fourth-order valence-corrected chi connectivity index (χ4v) is 2.53. The third kappa shape index (κ3) is 3.13. The van der Waals surface area contributed by atoms with E-state index in [1.54, 1.807) is 13.8 Å². The minimum Gasteiger partial charge on any atom is -0.427 e. The second kappa shape index (κ2) is 5.27. The Morgan fingerprint density at radius 2 is 2.00 bits per heavy atom. The van der Waals surface area contributed by atoms with E-state index in [-0.39, 0.29) is 23.6 Å². The highest BCUT2D eigenvalue weighted by Gasteiger charge is 2.60. The minimum absolute atomic E-state index is 0.0841. The van der Waals surface area contributed by atoms with Crippen LogP contribution >= 0.6 is 11.8 Å². The van der Waals surface area contributed by atoms with Gasteiger partial charge in [0.2, 0.25) is 6.29 Å². The molecule has 1 fully saturated rings. The molecule has 98 valence electrons. The molecule has 0 saturated carbocycles. The first kappa shape index (κ1) is 14.3. The monoisotopic (exact) mass is 261 g/mol. The number of hydrogen-bond acceptors (Lipinski definition) is 6. The Balaban J connectivity index is 2.53. The van der Waals surface area contributed by atoms with Crippen LogP contribution in [0.2, 0.25) is 0 Å². The van der Waals surface area contributed by atoms with Gasteiger partial charge in [-0.2, -0.15) is 0 Å². The molecule has 3 unspecified atom stereocenters. The highest BCUT2D eigenvalue weighted by atomic mass is 32.2. The average molecular weight is 261 g/mol. The molecule has 2 N–H and O–H groups in total. The zero-order valence-corrected chi connectivity index (χ0v) is 11.3. The molecular weight excluding hydrogens is 242 g/mol. The van der Waals surface area contributed by atoms with Crippen LogP contribution in [-0.4, -0.2) is 28.9 Å². The van der Waals surface area contributed by atoms with Gasteiger partial charge >= 0.3 is 5.97 Å². The van der Waals surface area contributed by atoms with Crippen LogP contribution in [0.3, 0.4) is 0 Å². The molecule has 6 heteroatoms. The molecule has 3 atom stereocenters. The van der Waals surface area contributed by atoms with Crippen LogP contribution in [0, 0.1) is 11.8 Å². The van der Waals surface area contributed by atoms with E-state index < -0.39 is 17.1 Å². The van der Waals surface area contributed by atoms with Crippen LogP contribution in [0.25, 0.3) is 0 Å². The standard InChI is InChI=1S/C11H19NO4S/c1-6(2)10(15-5-13)16-9(14)8-11(12,17-8)7(3)4/h5-8,10H,12H2,1-4H3. The summed E-state index contributed by atoms with van der Waals surface area (Å²) in [6.07, 6.45) is -0.836. The molecule has 5 nitrogen and oxygen atoms in total. The van der Waals surface area contributed by atoms with Crippen LogP contribution in [-0.2, 0) is 19.1 Å². The van der Waals surface area contributed by atoms with E-state index >= 15 is 0 Å². The maximum atomic E-state index is 11.8. The smallest absolute Gasteiger partial charge is 0.325 e. The van der Waals surface area contributed by atoms with Gasteiger partial charge in [-0.3, -0.25) is 9.59 Å². The van der Waals surface area contributed by atoms with Crippen LogP contribution in [0.15, 0.2) is 0 Å². The van der Waals surface area contributed by atoms with Crippen molar-refractivity contribution in [3.8, 4) is 0 Å². The Morgan fingerprint density at radius 1 is 1.41 bits per heavy atom. The number of esters is 1. The van der Waals surface area contributed by atoms with Crippen molar-refractivity contribution < 1.29 is 19.1 Å². The van der Waals surface area contributed by atoms with E-state index in [2.05, 4.69) is 0 Å². The number of carbonyl (C=O) groups excluding carboxylic acids is 2. The van der Waals surface area contributed by atoms with Crippen molar-refractivity contribution in [2.24, 2.45) is 17.6 Å². The van der Waals surface area contributed by atoms with Gasteiger partial charge in [-0.25, -0.2) is 0 Å². The first-order valence-corrected chi connectivity index (χ1v) is 6.47. The van der Waals surface area contributed by atoms with Gasteiger partial charge in [-0.1, -0.05) is 27.7 Å². The van der Waals surface area contributed by atoms with E-state index in [1.165, 1.54) is 11.8 Å². The van der Waals surface area contributed by atoms with Gasteiger partial charge in [0, 0.05) is 5.92 Å². The predicted molar refractivity (Wildman–Crippen MR) is 65.0 cm³/mol. The Kier molecular flexibility index (Phi) is 4.43. The van der Waals surface area contributed by atoms with E-state index in [1.807, 2.05) is 13.8 Å². The zero-order valence-electron chi connectivity index (χ0n) is 10.5. The zero-order chi connectivity index (χ0) is 13.2. The molecular formula is C11H19NO4S. The summed E-state index contributed by atoms with van der Waals surface area (Å²) in [5.41, 5.74) is 6.01. The topological polar surface area (TPSA) is 78.6 Å². The van der Waals surface area contributed by atoms with Crippen molar-refractivity contribution in [2.45, 2.75) is 44.1 Å². The van der Waals surface area contributed by atoms with E-state index in [0.29, 0.717) is 0 Å². The van der Waals surface area contributed by atoms with Gasteiger partial charge in [-0.15, -0.1) is 11.8 Å². The fourth-order valence-electron chi connectivity index (χ4n) is 1.39. The van der Waals surface area contributed by atoms with Crippen LogP contribution in [0.5, 0.6) is 0 Å². The largest absolute Gasteiger partial charge is 0.427 e. The first-order chi connectivity index (χ1) is 7.82. The summed E-state index contributed by atoms with van der Waals surface area (Å²) < 4.78 is 9.84. The molecule has 1 aliphatic rings. The quantitative estimate of drug-likeness (QED) is 0.334. The highest BCUT2D eigenvalue weighted by molar-refractivity contribution is 8.09. The number of thioether (sulfide) groups is 1. The Labute approximate surface area is 105 Å². The molecule has 0 spiro atoms. The van der Waals surface area contributed by atoms with Crippen molar-refractivity contribution in [3.63, 3.8) is 0 Å². The van der Waals surface area contributed by atoms with Crippen molar-refractivity contribution in [1.82, 2.24) is 0 Å². The summed E-state index contributed by atoms with van der Waals surface area (Å²) in [7, 11) is 0. The first-order valence-electron chi connectivity index (χ1n) is 5.59. The maximum Gasteiger partial charge on any atom is 0.325 e. The van der Waals surface area contributed by atoms with Crippen molar-refractivity contribution >= 4 is 24.2 Å². The van der Waals surface area contributed by atoms with E-state index in [4.69, 9.17) is 15.2 Å². The number of ether oxygens (including phenoxy) is 2. The molecule has 1 aliphatic heterocycles. The molecule has 0 aromatic carbocycles. The second-order valence-electron chi connectivity index (χ2n) is 4.79. The van der Waals surface area contributed by atoms with Crippen molar-refractivity contribution in [2.75, 3.05) is 0 Å². The maximum absolute atomic E-state index is 11.8. The number of rotatable bonds is 6. The lowest BCUT2D eigenvalue weighted by Gasteiger charge is -2.20. The predicted octanol–water partition coefficient (Wildman–Crippen LogP) is 1.11. The summed E-state index contributed by atoms with van der Waals surface area (Å²) in [5.74, 6) is -0.305. The summed E-state index contributed by atoms with van der Waals surface area (Å²) in [5, 5.41) is -0.362. The molecule has 1 saturated heterocycles. The fraction of sp³-hybridized carbons (Fsp3) is 0.818. The lowest BCUT2D eigenvalue weighted by atomic mass is 10.0. The van der Waals surface area contributed by atoms with Crippen LogP contribution < -0.4 is 5.73 Å². The SMILES string of the molecule is CC(C)C(OC=O)OC(=O)C1SC1(N)C(C)C. The molecule has 0 amide bonds. The molecule has 0 bridgehead atoms. The number of carbonyl (C=O) groups is 2. The van der Waals surface area contributed by atoms with Crippen molar-refractivity contribution in [3.05, 3.63) is 0 Å². The average Bonchev–Trinajstić information content (AvgIpc) is 2.91. The molecule has 0 aromatic heterocycles. The van der Waals surface area contributed by atoms with Gasteiger partial charge in [0.25, 0.3) is 6.47 Å². The minimum atomic E-state index is -0.836. The van der Waals surface area contributed by atoms with Gasteiger partial charge in [0.15, 0.2) is 0 Å². The third-order valence-corrected chi connectivity index (χ3v) is 4.44. The highest BCUT2D eigenvalue weighted by Crippen LogP contribution is 2.54. The summed E-state index contributed by atoms with van der Waals surface area (Å²) in [6.45, 7) is 7.82. The molecule has 0 radical (unpaired) electrons. The summed E-state index contributed by atoms with van der Waals surface area (Å²) in [4.78, 5) is 21.5. The van der Waals surface area contributed by atoms with Crippen LogP contribution in [0.4, 0.5) is 0 Å². The second-order valence-corrected chi connectivity index (χ2v) is 6.20. The summed E-state index contributed by atoms with van der Waals surface area (Å²) in [6, 6.07) is 0. The van der Waals surface area contributed by atoms with Gasteiger partial charge < -0.3 is 15.2 Å². The lowest BCUT2D eigenvalue weighted by molar-refractivity contribution is -0.186. The Hall–Kier alpha value is -0.750.